The highest BCUT2D eigenvalue weighted by atomic mass is 32.2. The summed E-state index contributed by atoms with van der Waals surface area (Å²) in [4.78, 5) is 20.2. The van der Waals surface area contributed by atoms with Crippen LogP contribution in [0.2, 0.25) is 0 Å². The third kappa shape index (κ3) is 5.02. The number of nitrogens with one attached hydrogen (secondary N) is 2. The summed E-state index contributed by atoms with van der Waals surface area (Å²) in [6.07, 6.45) is 1.07. The van der Waals surface area contributed by atoms with Crippen molar-refractivity contribution >= 4 is 11.8 Å². The fraction of sp³-hybridized carbons (Fsp3) is 0.375. The van der Waals surface area contributed by atoms with Gasteiger partial charge in [-0.3, -0.25) is 4.79 Å². The SMILES string of the molecule is CCCNCc1cc(=O)[nH]c(CSc2ccccc2C)n1. The molecule has 1 heterocycles. The molecule has 0 spiro atoms. The number of aryl methyl sites for hydroxylation is 1. The Labute approximate surface area is 129 Å². The van der Waals surface area contributed by atoms with Crippen molar-refractivity contribution in [1.29, 1.82) is 0 Å². The van der Waals surface area contributed by atoms with Crippen LogP contribution in [0.3, 0.4) is 0 Å². The van der Waals surface area contributed by atoms with E-state index in [0.29, 0.717) is 12.3 Å². The van der Waals surface area contributed by atoms with E-state index in [1.807, 2.05) is 12.1 Å². The third-order valence-electron chi connectivity index (χ3n) is 3.03. The molecular formula is C16H21N3OS. The molecule has 1 aromatic heterocycles. The summed E-state index contributed by atoms with van der Waals surface area (Å²) in [5.41, 5.74) is 1.96. The molecule has 2 N–H and O–H groups in total. The maximum absolute atomic E-state index is 11.7. The average Bonchev–Trinajstić information content (AvgIpc) is 2.46. The Morgan fingerprint density at radius 3 is 2.90 bits per heavy atom. The summed E-state index contributed by atoms with van der Waals surface area (Å²) < 4.78 is 0. The van der Waals surface area contributed by atoms with Crippen molar-refractivity contribution in [1.82, 2.24) is 15.3 Å². The molecule has 0 aliphatic heterocycles. The Balaban J connectivity index is 2.03. The summed E-state index contributed by atoms with van der Waals surface area (Å²) in [6, 6.07) is 9.79. The molecule has 1 aromatic carbocycles. The fourth-order valence-electron chi connectivity index (χ4n) is 1.98. The van der Waals surface area contributed by atoms with E-state index in [9.17, 15) is 4.79 Å². The van der Waals surface area contributed by atoms with Crippen LogP contribution in [0.15, 0.2) is 40.0 Å². The minimum absolute atomic E-state index is 0.0846. The lowest BCUT2D eigenvalue weighted by atomic mass is 10.2. The Kier molecular flexibility index (Phi) is 6.02. The number of hydrogen-bond donors (Lipinski definition) is 2. The van der Waals surface area contributed by atoms with Gasteiger partial charge in [0.2, 0.25) is 0 Å². The second-order valence-electron chi connectivity index (χ2n) is 4.91. The Hall–Kier alpha value is -1.59. The van der Waals surface area contributed by atoms with E-state index >= 15 is 0 Å². The fourth-order valence-corrected chi connectivity index (χ4v) is 2.88. The van der Waals surface area contributed by atoms with Gasteiger partial charge < -0.3 is 10.3 Å². The molecule has 0 atom stereocenters. The van der Waals surface area contributed by atoms with E-state index < -0.39 is 0 Å². The molecule has 0 fully saturated rings. The van der Waals surface area contributed by atoms with Gasteiger partial charge in [-0.25, -0.2) is 4.98 Å². The monoisotopic (exact) mass is 303 g/mol. The van der Waals surface area contributed by atoms with E-state index in [0.717, 1.165) is 24.5 Å². The van der Waals surface area contributed by atoms with Crippen LogP contribution in [-0.4, -0.2) is 16.5 Å². The molecular weight excluding hydrogens is 282 g/mol. The van der Waals surface area contributed by atoms with Gasteiger partial charge in [0, 0.05) is 17.5 Å². The summed E-state index contributed by atoms with van der Waals surface area (Å²) in [5.74, 6) is 1.39. The minimum Gasteiger partial charge on any atom is -0.311 e. The Bertz CT molecular complexity index is 639. The summed E-state index contributed by atoms with van der Waals surface area (Å²) in [7, 11) is 0. The molecule has 21 heavy (non-hydrogen) atoms. The van der Waals surface area contributed by atoms with Gasteiger partial charge in [0.05, 0.1) is 11.4 Å². The van der Waals surface area contributed by atoms with Crippen LogP contribution in [0.5, 0.6) is 0 Å². The predicted octanol–water partition coefficient (Wildman–Crippen LogP) is 2.87. The lowest BCUT2D eigenvalue weighted by Gasteiger charge is -2.07. The number of aromatic amines is 1. The highest BCUT2D eigenvalue weighted by molar-refractivity contribution is 7.98. The molecule has 0 aliphatic carbocycles. The molecule has 112 valence electrons. The van der Waals surface area contributed by atoms with E-state index in [1.165, 1.54) is 10.5 Å². The van der Waals surface area contributed by atoms with Crippen molar-refractivity contribution in [2.24, 2.45) is 0 Å². The first-order valence-corrected chi connectivity index (χ1v) is 8.16. The van der Waals surface area contributed by atoms with Crippen molar-refractivity contribution < 1.29 is 0 Å². The molecule has 5 heteroatoms. The van der Waals surface area contributed by atoms with Gasteiger partial charge in [0.1, 0.15) is 5.82 Å². The van der Waals surface area contributed by atoms with E-state index in [2.05, 4.69) is 41.3 Å². The van der Waals surface area contributed by atoms with Gasteiger partial charge in [-0.05, 0) is 31.5 Å². The first-order chi connectivity index (χ1) is 10.2. The molecule has 2 rings (SSSR count). The smallest absolute Gasteiger partial charge is 0.251 e. The quantitative estimate of drug-likeness (QED) is 0.610. The van der Waals surface area contributed by atoms with Gasteiger partial charge in [-0.2, -0.15) is 0 Å². The molecule has 0 saturated carbocycles. The largest absolute Gasteiger partial charge is 0.311 e. The molecule has 0 saturated heterocycles. The van der Waals surface area contributed by atoms with Crippen molar-refractivity contribution in [2.75, 3.05) is 6.54 Å². The number of H-pyrrole nitrogens is 1. The van der Waals surface area contributed by atoms with Gasteiger partial charge in [-0.1, -0.05) is 25.1 Å². The zero-order valence-electron chi connectivity index (χ0n) is 12.5. The van der Waals surface area contributed by atoms with Crippen LogP contribution in [0.25, 0.3) is 0 Å². The van der Waals surface area contributed by atoms with Crippen LogP contribution in [0.4, 0.5) is 0 Å². The Morgan fingerprint density at radius 2 is 2.14 bits per heavy atom. The third-order valence-corrected chi connectivity index (χ3v) is 4.22. The highest BCUT2D eigenvalue weighted by Crippen LogP contribution is 2.24. The Morgan fingerprint density at radius 1 is 1.33 bits per heavy atom. The van der Waals surface area contributed by atoms with Crippen molar-refractivity contribution in [3.8, 4) is 0 Å². The van der Waals surface area contributed by atoms with Gasteiger partial charge >= 0.3 is 0 Å². The number of aromatic nitrogens is 2. The van der Waals surface area contributed by atoms with Crippen LogP contribution in [-0.2, 0) is 12.3 Å². The van der Waals surface area contributed by atoms with E-state index in [1.54, 1.807) is 17.8 Å². The van der Waals surface area contributed by atoms with Crippen LogP contribution < -0.4 is 10.9 Å². The second kappa shape index (κ2) is 8.00. The van der Waals surface area contributed by atoms with Gasteiger partial charge in [0.25, 0.3) is 5.56 Å². The predicted molar refractivity (Wildman–Crippen MR) is 87.6 cm³/mol. The summed E-state index contributed by atoms with van der Waals surface area (Å²) >= 11 is 1.69. The summed E-state index contributed by atoms with van der Waals surface area (Å²) in [5, 5.41) is 3.27. The first kappa shape index (κ1) is 15.8. The van der Waals surface area contributed by atoms with Crippen LogP contribution >= 0.6 is 11.8 Å². The standard InChI is InChI=1S/C16H21N3OS/c1-3-8-17-10-13-9-16(20)19-15(18-13)11-21-14-7-5-4-6-12(14)2/h4-7,9,17H,3,8,10-11H2,1-2H3,(H,18,19,20). The van der Waals surface area contributed by atoms with E-state index in [4.69, 9.17) is 0 Å². The molecule has 0 unspecified atom stereocenters. The topological polar surface area (TPSA) is 57.8 Å². The zero-order valence-corrected chi connectivity index (χ0v) is 13.3. The lowest BCUT2D eigenvalue weighted by Crippen LogP contribution is -2.19. The molecule has 0 radical (unpaired) electrons. The van der Waals surface area contributed by atoms with Crippen molar-refractivity contribution in [3.63, 3.8) is 0 Å². The molecule has 0 bridgehead atoms. The summed E-state index contributed by atoms with van der Waals surface area (Å²) in [6.45, 7) is 5.77. The minimum atomic E-state index is -0.0846. The van der Waals surface area contributed by atoms with Gasteiger partial charge in [-0.15, -0.1) is 11.8 Å². The van der Waals surface area contributed by atoms with Crippen molar-refractivity contribution in [2.45, 2.75) is 37.5 Å². The molecule has 0 amide bonds. The maximum Gasteiger partial charge on any atom is 0.251 e. The second-order valence-corrected chi connectivity index (χ2v) is 5.93. The van der Waals surface area contributed by atoms with Crippen LogP contribution in [0.1, 0.15) is 30.4 Å². The number of thioether (sulfide) groups is 1. The number of benzene rings is 1. The normalized spacial score (nSPS) is 10.8. The number of rotatable bonds is 7. The number of hydrogen-bond acceptors (Lipinski definition) is 4. The lowest BCUT2D eigenvalue weighted by molar-refractivity contribution is 0.659. The van der Waals surface area contributed by atoms with Crippen molar-refractivity contribution in [3.05, 3.63) is 57.8 Å². The maximum atomic E-state index is 11.7. The van der Waals surface area contributed by atoms with Gasteiger partial charge in [0.15, 0.2) is 0 Å². The average molecular weight is 303 g/mol. The first-order valence-electron chi connectivity index (χ1n) is 7.17. The zero-order chi connectivity index (χ0) is 15.1. The highest BCUT2D eigenvalue weighted by Gasteiger charge is 2.04. The van der Waals surface area contributed by atoms with Crippen LogP contribution in [0, 0.1) is 6.92 Å². The molecule has 4 nitrogen and oxygen atoms in total. The molecule has 2 aromatic rings. The number of nitrogens with zero attached hydrogens (tertiary/aromatic N) is 1. The molecule has 0 aliphatic rings. The van der Waals surface area contributed by atoms with E-state index in [-0.39, 0.29) is 5.56 Å².